The summed E-state index contributed by atoms with van der Waals surface area (Å²) in [4.78, 5) is 12.1. The molecule has 0 saturated carbocycles. The number of hydrogen-bond acceptors (Lipinski definition) is 3. The molecule has 0 radical (unpaired) electrons. The molecule has 0 saturated heterocycles. The molecule has 0 aromatic carbocycles. The largest absolute Gasteiger partial charge is 0.436 e. The summed E-state index contributed by atoms with van der Waals surface area (Å²) < 4.78 is 41.1. The third-order valence-electron chi connectivity index (χ3n) is 3.57. The Morgan fingerprint density at radius 3 is 2.62 bits per heavy atom. The van der Waals surface area contributed by atoms with Gasteiger partial charge < -0.3 is 5.32 Å². The Kier molecular flexibility index (Phi) is 5.36. The van der Waals surface area contributed by atoms with E-state index in [1.165, 1.54) is 6.92 Å². The van der Waals surface area contributed by atoms with Crippen molar-refractivity contribution in [2.45, 2.75) is 46.1 Å². The molecule has 0 aliphatic carbocycles. The first kappa shape index (κ1) is 18.5. The van der Waals surface area contributed by atoms with E-state index in [2.05, 4.69) is 31.4 Å². The number of halogens is 4. The molecule has 0 fully saturated rings. The summed E-state index contributed by atoms with van der Waals surface area (Å²) in [6.07, 6.45) is -2.95. The van der Waals surface area contributed by atoms with Crippen LogP contribution in [0.25, 0.3) is 0 Å². The van der Waals surface area contributed by atoms with Crippen LogP contribution in [0.5, 0.6) is 0 Å². The van der Waals surface area contributed by atoms with Gasteiger partial charge in [-0.25, -0.2) is 0 Å². The van der Waals surface area contributed by atoms with Crippen molar-refractivity contribution in [3.63, 3.8) is 0 Å². The maximum Gasteiger partial charge on any atom is 0.436 e. The van der Waals surface area contributed by atoms with Crippen LogP contribution in [0.15, 0.2) is 16.7 Å². The Morgan fingerprint density at radius 1 is 1.42 bits per heavy atom. The number of carbonyl (C=O) groups excluding carboxylic acids is 1. The van der Waals surface area contributed by atoms with E-state index in [1.807, 2.05) is 6.92 Å². The first-order chi connectivity index (χ1) is 11.1. The van der Waals surface area contributed by atoms with Crippen molar-refractivity contribution in [2.24, 2.45) is 0 Å². The molecule has 1 unspecified atom stereocenters. The third kappa shape index (κ3) is 3.80. The molecule has 0 aliphatic heterocycles. The molecule has 2 rings (SSSR count). The second kappa shape index (κ2) is 6.96. The summed E-state index contributed by atoms with van der Waals surface area (Å²) in [6.45, 7) is 5.53. The number of aryl methyl sites for hydroxylation is 1. The van der Waals surface area contributed by atoms with Crippen LogP contribution >= 0.6 is 15.9 Å². The lowest BCUT2D eigenvalue weighted by Gasteiger charge is -2.15. The summed E-state index contributed by atoms with van der Waals surface area (Å²) in [7, 11) is 0. The van der Waals surface area contributed by atoms with Gasteiger partial charge in [0.1, 0.15) is 6.54 Å². The average Bonchev–Trinajstić information content (AvgIpc) is 3.06. The lowest BCUT2D eigenvalue weighted by molar-refractivity contribution is -0.142. The van der Waals surface area contributed by atoms with E-state index in [9.17, 15) is 18.0 Å². The quantitative estimate of drug-likeness (QED) is 0.827. The Bertz CT molecular complexity index is 737. The van der Waals surface area contributed by atoms with E-state index in [4.69, 9.17) is 0 Å². The zero-order valence-corrected chi connectivity index (χ0v) is 14.9. The Morgan fingerprint density at radius 2 is 2.08 bits per heavy atom. The van der Waals surface area contributed by atoms with Crippen molar-refractivity contribution in [1.29, 1.82) is 0 Å². The number of nitrogens with zero attached hydrogens (tertiary/aromatic N) is 4. The Balaban J connectivity index is 2.10. The van der Waals surface area contributed by atoms with Gasteiger partial charge >= 0.3 is 6.18 Å². The van der Waals surface area contributed by atoms with Crippen LogP contribution in [0.1, 0.15) is 37.0 Å². The van der Waals surface area contributed by atoms with Gasteiger partial charge in [0.25, 0.3) is 0 Å². The van der Waals surface area contributed by atoms with Crippen molar-refractivity contribution < 1.29 is 18.0 Å². The van der Waals surface area contributed by atoms with Crippen molar-refractivity contribution in [3.8, 4) is 0 Å². The molecular formula is C14H17BrF3N5O. The predicted molar refractivity (Wildman–Crippen MR) is 84.1 cm³/mol. The van der Waals surface area contributed by atoms with Gasteiger partial charge in [0.2, 0.25) is 5.91 Å². The lowest BCUT2D eigenvalue weighted by Crippen LogP contribution is -2.32. The number of rotatable bonds is 5. The average molecular weight is 408 g/mol. The van der Waals surface area contributed by atoms with Crippen LogP contribution in [0, 0.1) is 6.92 Å². The summed E-state index contributed by atoms with van der Waals surface area (Å²) in [6, 6.07) is 1.47. The van der Waals surface area contributed by atoms with Gasteiger partial charge in [0, 0.05) is 12.7 Å². The zero-order valence-electron chi connectivity index (χ0n) is 13.4. The number of hydrogen-bond donors (Lipinski definition) is 1. The second-order valence-corrected chi connectivity index (χ2v) is 6.06. The minimum Gasteiger partial charge on any atom is -0.346 e. The lowest BCUT2D eigenvalue weighted by atomic mass is 10.2. The maximum absolute atomic E-state index is 12.8. The normalized spacial score (nSPS) is 13.1. The first-order valence-corrected chi connectivity index (χ1v) is 8.05. The van der Waals surface area contributed by atoms with Crippen molar-refractivity contribution in [1.82, 2.24) is 24.9 Å². The number of carbonyl (C=O) groups is 1. The van der Waals surface area contributed by atoms with E-state index < -0.39 is 17.8 Å². The van der Waals surface area contributed by atoms with Crippen molar-refractivity contribution >= 4 is 21.8 Å². The zero-order chi connectivity index (χ0) is 18.1. The molecular weight excluding hydrogens is 391 g/mol. The number of amides is 1. The standard InChI is InChI=1S/C14H17BrF3N5O/c1-4-22-10(5-6-19-22)8(2)20-11(24)7-23-9(3)12(15)13(21-23)14(16,17)18/h5-6,8H,4,7H2,1-3H3,(H,20,24). The molecule has 2 aromatic heterocycles. The van der Waals surface area contributed by atoms with Gasteiger partial charge in [-0.1, -0.05) is 0 Å². The van der Waals surface area contributed by atoms with Crippen LogP contribution in [0.3, 0.4) is 0 Å². The van der Waals surface area contributed by atoms with Crippen LogP contribution < -0.4 is 5.32 Å². The summed E-state index contributed by atoms with van der Waals surface area (Å²) in [5.41, 5.74) is 0.0221. The molecule has 0 aliphatic rings. The Hall–Kier alpha value is -1.84. The second-order valence-electron chi connectivity index (χ2n) is 5.26. The molecule has 1 atom stereocenters. The van der Waals surface area contributed by atoms with Crippen LogP contribution in [-0.2, 0) is 24.1 Å². The highest BCUT2D eigenvalue weighted by Gasteiger charge is 2.38. The molecule has 132 valence electrons. The molecule has 6 nitrogen and oxygen atoms in total. The fraction of sp³-hybridized carbons (Fsp3) is 0.500. The number of aromatic nitrogens is 4. The van der Waals surface area contributed by atoms with Crippen molar-refractivity contribution in [2.75, 3.05) is 0 Å². The van der Waals surface area contributed by atoms with Gasteiger partial charge in [-0.2, -0.15) is 23.4 Å². The molecule has 0 bridgehead atoms. The highest BCUT2D eigenvalue weighted by Crippen LogP contribution is 2.35. The van der Waals surface area contributed by atoms with Crippen LogP contribution in [0.4, 0.5) is 13.2 Å². The van der Waals surface area contributed by atoms with Gasteiger partial charge in [-0.05, 0) is 42.8 Å². The number of nitrogens with one attached hydrogen (secondary N) is 1. The molecule has 24 heavy (non-hydrogen) atoms. The molecule has 2 aromatic rings. The molecule has 1 N–H and O–H groups in total. The molecule has 1 amide bonds. The molecule has 0 spiro atoms. The van der Waals surface area contributed by atoms with E-state index in [1.54, 1.807) is 23.9 Å². The minimum atomic E-state index is -4.58. The van der Waals surface area contributed by atoms with E-state index in [0.717, 1.165) is 10.4 Å². The summed E-state index contributed by atoms with van der Waals surface area (Å²) in [5, 5.41) is 10.4. The SMILES string of the molecule is CCn1nccc1C(C)NC(=O)Cn1nc(C(F)(F)F)c(Br)c1C. The van der Waals surface area contributed by atoms with E-state index >= 15 is 0 Å². The smallest absolute Gasteiger partial charge is 0.346 e. The summed E-state index contributed by atoms with van der Waals surface area (Å²) in [5.74, 6) is -0.432. The predicted octanol–water partition coefficient (Wildman–Crippen LogP) is 3.07. The highest BCUT2D eigenvalue weighted by molar-refractivity contribution is 9.10. The van der Waals surface area contributed by atoms with Gasteiger partial charge in [-0.15, -0.1) is 0 Å². The maximum atomic E-state index is 12.8. The fourth-order valence-electron chi connectivity index (χ4n) is 2.33. The third-order valence-corrected chi connectivity index (χ3v) is 4.51. The van der Waals surface area contributed by atoms with E-state index in [0.29, 0.717) is 6.54 Å². The van der Waals surface area contributed by atoms with Gasteiger partial charge in [-0.3, -0.25) is 14.2 Å². The number of alkyl halides is 3. The molecule has 10 heteroatoms. The van der Waals surface area contributed by atoms with E-state index in [-0.39, 0.29) is 22.8 Å². The van der Waals surface area contributed by atoms with Gasteiger partial charge in [0.15, 0.2) is 5.69 Å². The topological polar surface area (TPSA) is 64.7 Å². The Labute approximate surface area is 145 Å². The van der Waals surface area contributed by atoms with Crippen LogP contribution in [-0.4, -0.2) is 25.5 Å². The minimum absolute atomic E-state index is 0.153. The van der Waals surface area contributed by atoms with Crippen molar-refractivity contribution in [3.05, 3.63) is 33.8 Å². The highest BCUT2D eigenvalue weighted by atomic mass is 79.9. The monoisotopic (exact) mass is 407 g/mol. The molecule has 2 heterocycles. The fourth-order valence-corrected chi connectivity index (χ4v) is 2.84. The summed E-state index contributed by atoms with van der Waals surface area (Å²) >= 11 is 2.88. The van der Waals surface area contributed by atoms with Gasteiger partial charge in [0.05, 0.1) is 21.9 Å². The van der Waals surface area contributed by atoms with Crippen LogP contribution in [0.2, 0.25) is 0 Å². The first-order valence-electron chi connectivity index (χ1n) is 7.26.